The molecule has 4 nitrogen and oxygen atoms in total. The molecule has 0 unspecified atom stereocenters. The van der Waals surface area contributed by atoms with Gasteiger partial charge in [-0.2, -0.15) is 0 Å². The van der Waals surface area contributed by atoms with Gasteiger partial charge < -0.3 is 15.0 Å². The predicted molar refractivity (Wildman–Crippen MR) is 98.0 cm³/mol. The van der Waals surface area contributed by atoms with Gasteiger partial charge in [0.25, 0.3) is 0 Å². The van der Waals surface area contributed by atoms with Gasteiger partial charge in [-0.1, -0.05) is 25.3 Å². The maximum absolute atomic E-state index is 12.3. The Bertz CT molecular complexity index is 692. The van der Waals surface area contributed by atoms with Gasteiger partial charge in [-0.05, 0) is 56.9 Å². The first-order valence-corrected chi connectivity index (χ1v) is 8.46. The van der Waals surface area contributed by atoms with Crippen LogP contribution in [0.2, 0.25) is 0 Å². The molecular weight excluding hydrogens is 300 g/mol. The van der Waals surface area contributed by atoms with E-state index in [1.807, 2.05) is 26.8 Å². The Hall–Kier alpha value is -2.23. The number of carbonyl (C=O) groups excluding carboxylic acids is 1. The third-order valence-corrected chi connectivity index (χ3v) is 4.93. The van der Waals surface area contributed by atoms with Crippen LogP contribution in [0.25, 0.3) is 6.08 Å². The standard InChI is InChI=1S/C20H26N2O2/c1-6-15-7-8-17-16(13-15)20(14(2)21-17)9-11-22(12-10-20)18(23)24-19(3,4)5/h6-8,13,21H,1-2,9-12H2,3-5H3. The van der Waals surface area contributed by atoms with Crippen LogP contribution in [0.15, 0.2) is 37.1 Å². The molecule has 0 saturated carbocycles. The van der Waals surface area contributed by atoms with E-state index in [-0.39, 0.29) is 11.5 Å². The number of benzene rings is 1. The van der Waals surface area contributed by atoms with Crippen LogP contribution in [0.3, 0.4) is 0 Å². The largest absolute Gasteiger partial charge is 0.444 e. The summed E-state index contributed by atoms with van der Waals surface area (Å²) in [5.74, 6) is 0. The molecule has 3 rings (SSSR count). The fraction of sp³-hybridized carbons (Fsp3) is 0.450. The van der Waals surface area contributed by atoms with Gasteiger partial charge in [0, 0.05) is 29.9 Å². The summed E-state index contributed by atoms with van der Waals surface area (Å²) in [5.41, 5.74) is 3.97. The lowest BCUT2D eigenvalue weighted by molar-refractivity contribution is 0.0181. The van der Waals surface area contributed by atoms with Crippen LogP contribution in [0, 0.1) is 0 Å². The Morgan fingerprint density at radius 2 is 2.00 bits per heavy atom. The van der Waals surface area contributed by atoms with E-state index in [1.165, 1.54) is 5.56 Å². The molecule has 4 heteroatoms. The molecule has 1 N–H and O–H groups in total. The van der Waals surface area contributed by atoms with E-state index in [2.05, 4.69) is 36.7 Å². The van der Waals surface area contributed by atoms with Crippen molar-refractivity contribution in [3.8, 4) is 0 Å². The lowest BCUT2D eigenvalue weighted by Crippen LogP contribution is -2.46. The van der Waals surface area contributed by atoms with E-state index in [1.54, 1.807) is 4.90 Å². The van der Waals surface area contributed by atoms with Gasteiger partial charge in [-0.15, -0.1) is 0 Å². The molecule has 1 amide bonds. The van der Waals surface area contributed by atoms with Gasteiger partial charge in [0.15, 0.2) is 0 Å². The van der Waals surface area contributed by atoms with Crippen LogP contribution < -0.4 is 5.32 Å². The van der Waals surface area contributed by atoms with E-state index in [0.29, 0.717) is 13.1 Å². The molecule has 1 fully saturated rings. The second kappa shape index (κ2) is 5.69. The molecule has 2 aliphatic heterocycles. The lowest BCUT2D eigenvalue weighted by atomic mass is 9.72. The van der Waals surface area contributed by atoms with Crippen molar-refractivity contribution < 1.29 is 9.53 Å². The van der Waals surface area contributed by atoms with Crippen molar-refractivity contribution in [3.05, 3.63) is 48.2 Å². The Labute approximate surface area is 144 Å². The van der Waals surface area contributed by atoms with Crippen molar-refractivity contribution in [2.45, 2.75) is 44.6 Å². The summed E-state index contributed by atoms with van der Waals surface area (Å²) in [6.07, 6.45) is 3.34. The van der Waals surface area contributed by atoms with Crippen LogP contribution in [-0.4, -0.2) is 29.7 Å². The highest BCUT2D eigenvalue weighted by molar-refractivity contribution is 5.72. The second-order valence-electron chi connectivity index (χ2n) is 7.66. The molecule has 128 valence electrons. The van der Waals surface area contributed by atoms with Crippen molar-refractivity contribution >= 4 is 17.9 Å². The molecule has 0 radical (unpaired) electrons. The molecule has 0 aliphatic carbocycles. The van der Waals surface area contributed by atoms with Crippen molar-refractivity contribution in [1.29, 1.82) is 0 Å². The summed E-state index contributed by atoms with van der Waals surface area (Å²) in [7, 11) is 0. The van der Waals surface area contributed by atoms with Crippen LogP contribution in [0.1, 0.15) is 44.7 Å². The number of piperidine rings is 1. The lowest BCUT2D eigenvalue weighted by Gasteiger charge is -2.40. The Morgan fingerprint density at radius 1 is 1.33 bits per heavy atom. The van der Waals surface area contributed by atoms with Gasteiger partial charge in [0.2, 0.25) is 0 Å². The highest BCUT2D eigenvalue weighted by atomic mass is 16.6. The summed E-state index contributed by atoms with van der Waals surface area (Å²) < 4.78 is 5.50. The average molecular weight is 326 g/mol. The van der Waals surface area contributed by atoms with E-state index in [9.17, 15) is 4.79 Å². The number of rotatable bonds is 1. The first-order chi connectivity index (χ1) is 11.2. The third kappa shape index (κ3) is 2.81. The highest BCUT2D eigenvalue weighted by Gasteiger charge is 2.45. The van der Waals surface area contributed by atoms with Crippen LogP contribution in [0.5, 0.6) is 0 Å². The summed E-state index contributed by atoms with van der Waals surface area (Å²) in [5, 5.41) is 3.43. The molecule has 2 aliphatic rings. The summed E-state index contributed by atoms with van der Waals surface area (Å²) in [6.45, 7) is 15.2. The minimum Gasteiger partial charge on any atom is -0.444 e. The number of ether oxygens (including phenoxy) is 1. The number of carbonyl (C=O) groups is 1. The van der Waals surface area contributed by atoms with Crippen LogP contribution in [-0.2, 0) is 10.2 Å². The summed E-state index contributed by atoms with van der Waals surface area (Å²) >= 11 is 0. The van der Waals surface area contributed by atoms with Gasteiger partial charge >= 0.3 is 6.09 Å². The number of nitrogens with one attached hydrogen (secondary N) is 1. The van der Waals surface area contributed by atoms with E-state index >= 15 is 0 Å². The number of fused-ring (bicyclic) bond motifs is 2. The zero-order chi connectivity index (χ0) is 17.5. The first kappa shape index (κ1) is 16.6. The van der Waals surface area contributed by atoms with Crippen molar-refractivity contribution in [1.82, 2.24) is 4.90 Å². The smallest absolute Gasteiger partial charge is 0.410 e. The molecule has 0 atom stereocenters. The summed E-state index contributed by atoms with van der Waals surface area (Å²) in [6, 6.07) is 6.34. The number of amides is 1. The quantitative estimate of drug-likeness (QED) is 0.824. The van der Waals surface area contributed by atoms with E-state index < -0.39 is 5.60 Å². The fourth-order valence-electron chi connectivity index (χ4n) is 3.61. The molecule has 1 aromatic rings. The van der Waals surface area contributed by atoms with Crippen LogP contribution in [0.4, 0.5) is 10.5 Å². The second-order valence-corrected chi connectivity index (χ2v) is 7.66. The average Bonchev–Trinajstić information content (AvgIpc) is 2.78. The molecule has 1 saturated heterocycles. The molecular formula is C20H26N2O2. The number of nitrogens with zero attached hydrogens (tertiary/aromatic N) is 1. The van der Waals surface area contributed by atoms with E-state index in [4.69, 9.17) is 4.74 Å². The first-order valence-electron chi connectivity index (χ1n) is 8.46. The SMILES string of the molecule is C=Cc1ccc2c(c1)C1(CCN(C(=O)OC(C)(C)C)CC1)C(=C)N2. The molecule has 24 heavy (non-hydrogen) atoms. The molecule has 2 heterocycles. The maximum atomic E-state index is 12.3. The molecule has 1 spiro atoms. The number of hydrogen-bond acceptors (Lipinski definition) is 3. The fourth-order valence-corrected chi connectivity index (χ4v) is 3.61. The van der Waals surface area contributed by atoms with E-state index in [0.717, 1.165) is 29.8 Å². The number of anilines is 1. The normalized spacial score (nSPS) is 19.0. The van der Waals surface area contributed by atoms with Gasteiger partial charge in [0.1, 0.15) is 5.60 Å². The monoisotopic (exact) mass is 326 g/mol. The highest BCUT2D eigenvalue weighted by Crippen LogP contribution is 2.49. The molecule has 0 bridgehead atoms. The Morgan fingerprint density at radius 3 is 2.58 bits per heavy atom. The summed E-state index contributed by atoms with van der Waals surface area (Å²) in [4.78, 5) is 14.1. The minimum absolute atomic E-state index is 0.104. The van der Waals surface area contributed by atoms with Crippen molar-refractivity contribution in [3.63, 3.8) is 0 Å². The van der Waals surface area contributed by atoms with Gasteiger partial charge in [-0.3, -0.25) is 0 Å². The number of likely N-dealkylation sites (tertiary alicyclic amines) is 1. The Kier molecular flexibility index (Phi) is 3.94. The van der Waals surface area contributed by atoms with Crippen LogP contribution >= 0.6 is 0 Å². The molecule has 1 aromatic carbocycles. The topological polar surface area (TPSA) is 41.6 Å². The third-order valence-electron chi connectivity index (χ3n) is 4.93. The maximum Gasteiger partial charge on any atom is 0.410 e. The number of hydrogen-bond donors (Lipinski definition) is 1. The molecule has 0 aromatic heterocycles. The Balaban J connectivity index is 1.80. The van der Waals surface area contributed by atoms with Gasteiger partial charge in [-0.25, -0.2) is 4.79 Å². The number of allylic oxidation sites excluding steroid dienone is 1. The van der Waals surface area contributed by atoms with Gasteiger partial charge in [0.05, 0.1) is 0 Å². The predicted octanol–water partition coefficient (Wildman–Crippen LogP) is 4.54. The van der Waals surface area contributed by atoms with Crippen molar-refractivity contribution in [2.24, 2.45) is 0 Å². The zero-order valence-corrected chi connectivity index (χ0v) is 14.8. The minimum atomic E-state index is -0.462. The van der Waals surface area contributed by atoms with Crippen molar-refractivity contribution in [2.75, 3.05) is 18.4 Å². The zero-order valence-electron chi connectivity index (χ0n) is 14.8.